The molecule has 0 aliphatic heterocycles. The van der Waals surface area contributed by atoms with E-state index in [1.807, 2.05) is 18.2 Å². The summed E-state index contributed by atoms with van der Waals surface area (Å²) < 4.78 is 18.4. The van der Waals surface area contributed by atoms with Crippen molar-refractivity contribution in [1.82, 2.24) is 0 Å². The average Bonchev–Trinajstić information content (AvgIpc) is 2.29. The first-order valence-electron chi connectivity index (χ1n) is 4.91. The third kappa shape index (κ3) is 1.84. The van der Waals surface area contributed by atoms with Gasteiger partial charge in [-0.15, -0.1) is 0 Å². The van der Waals surface area contributed by atoms with Gasteiger partial charge in [-0.1, -0.05) is 18.2 Å². The number of methoxy groups -OCH3 is 1. The zero-order valence-corrected chi connectivity index (χ0v) is 8.91. The average molecular weight is 217 g/mol. The summed E-state index contributed by atoms with van der Waals surface area (Å²) in [4.78, 5) is 0. The van der Waals surface area contributed by atoms with Crippen molar-refractivity contribution >= 4 is 5.69 Å². The molecule has 0 saturated carbocycles. The van der Waals surface area contributed by atoms with Crippen molar-refractivity contribution in [2.45, 2.75) is 0 Å². The minimum absolute atomic E-state index is 0.306. The van der Waals surface area contributed by atoms with Gasteiger partial charge in [0.25, 0.3) is 0 Å². The molecule has 82 valence electrons. The topological polar surface area (TPSA) is 35.2 Å². The Bertz CT molecular complexity index is 511. The summed E-state index contributed by atoms with van der Waals surface area (Å²) in [6, 6.07) is 11.7. The van der Waals surface area contributed by atoms with Crippen molar-refractivity contribution in [1.29, 1.82) is 0 Å². The molecule has 3 heteroatoms. The molecule has 0 unspecified atom stereocenters. The molecule has 2 aromatic rings. The van der Waals surface area contributed by atoms with E-state index in [-0.39, 0.29) is 5.82 Å². The molecule has 16 heavy (non-hydrogen) atoms. The summed E-state index contributed by atoms with van der Waals surface area (Å²) in [5, 5.41) is 0. The van der Waals surface area contributed by atoms with Crippen molar-refractivity contribution in [2.24, 2.45) is 0 Å². The Labute approximate surface area is 93.5 Å². The first kappa shape index (κ1) is 10.5. The summed E-state index contributed by atoms with van der Waals surface area (Å²) in [5.41, 5.74) is 7.90. The van der Waals surface area contributed by atoms with E-state index in [4.69, 9.17) is 10.5 Å². The highest BCUT2D eigenvalue weighted by Gasteiger charge is 2.09. The van der Waals surface area contributed by atoms with Gasteiger partial charge in [-0.25, -0.2) is 4.39 Å². The van der Waals surface area contributed by atoms with Crippen LogP contribution < -0.4 is 10.5 Å². The normalized spacial score (nSPS) is 10.1. The van der Waals surface area contributed by atoms with Gasteiger partial charge < -0.3 is 10.5 Å². The van der Waals surface area contributed by atoms with Gasteiger partial charge in [-0.3, -0.25) is 0 Å². The second kappa shape index (κ2) is 4.23. The fraction of sp³-hybridized carbons (Fsp3) is 0.0769. The van der Waals surface area contributed by atoms with Crippen LogP contribution in [0.15, 0.2) is 42.5 Å². The largest absolute Gasteiger partial charge is 0.496 e. The maximum atomic E-state index is 13.2. The lowest BCUT2D eigenvalue weighted by Crippen LogP contribution is -1.93. The van der Waals surface area contributed by atoms with Gasteiger partial charge in [0.05, 0.1) is 7.11 Å². The predicted molar refractivity (Wildman–Crippen MR) is 62.8 cm³/mol. The fourth-order valence-corrected chi connectivity index (χ4v) is 1.63. The van der Waals surface area contributed by atoms with Gasteiger partial charge in [-0.2, -0.15) is 0 Å². The molecule has 2 rings (SSSR count). The molecule has 2 N–H and O–H groups in total. The molecule has 0 aliphatic carbocycles. The molecule has 0 aliphatic rings. The zero-order valence-electron chi connectivity index (χ0n) is 8.91. The summed E-state index contributed by atoms with van der Waals surface area (Å²) >= 11 is 0. The number of nitrogen functional groups attached to an aromatic ring is 1. The first-order chi connectivity index (χ1) is 7.72. The molecule has 2 nitrogen and oxygen atoms in total. The van der Waals surface area contributed by atoms with Crippen molar-refractivity contribution in [2.75, 3.05) is 12.8 Å². The minimum Gasteiger partial charge on any atom is -0.496 e. The van der Waals surface area contributed by atoms with E-state index >= 15 is 0 Å². The Morgan fingerprint density at radius 2 is 1.81 bits per heavy atom. The number of nitrogens with two attached hydrogens (primary N) is 1. The maximum Gasteiger partial charge on any atom is 0.126 e. The van der Waals surface area contributed by atoms with E-state index in [1.165, 1.54) is 12.1 Å². The lowest BCUT2D eigenvalue weighted by Gasteiger charge is -2.10. The third-order valence-electron chi connectivity index (χ3n) is 2.41. The summed E-state index contributed by atoms with van der Waals surface area (Å²) in [6.07, 6.45) is 0. The lowest BCUT2D eigenvalue weighted by atomic mass is 10.0. The molecule has 0 spiro atoms. The van der Waals surface area contributed by atoms with E-state index in [9.17, 15) is 4.39 Å². The van der Waals surface area contributed by atoms with E-state index < -0.39 is 0 Å². The minimum atomic E-state index is -0.306. The number of benzene rings is 2. The van der Waals surface area contributed by atoms with Crippen LogP contribution in [0.3, 0.4) is 0 Å². The van der Waals surface area contributed by atoms with Gasteiger partial charge in [0.15, 0.2) is 0 Å². The zero-order chi connectivity index (χ0) is 11.5. The fourth-order valence-electron chi connectivity index (χ4n) is 1.63. The van der Waals surface area contributed by atoms with Crippen LogP contribution in [0.25, 0.3) is 11.1 Å². The molecule has 0 heterocycles. The highest BCUT2D eigenvalue weighted by molar-refractivity contribution is 5.80. The predicted octanol–water partition coefficient (Wildman–Crippen LogP) is 3.08. The van der Waals surface area contributed by atoms with Crippen molar-refractivity contribution in [3.8, 4) is 16.9 Å². The van der Waals surface area contributed by atoms with Crippen molar-refractivity contribution in [3.05, 3.63) is 48.3 Å². The Hall–Kier alpha value is -2.03. The molecule has 0 atom stereocenters. The highest BCUT2D eigenvalue weighted by Crippen LogP contribution is 2.33. The van der Waals surface area contributed by atoms with Gasteiger partial charge >= 0.3 is 0 Å². The molecule has 0 radical (unpaired) electrons. The Morgan fingerprint density at radius 3 is 2.50 bits per heavy atom. The number of ether oxygens (including phenoxy) is 1. The number of anilines is 1. The van der Waals surface area contributed by atoms with Crippen LogP contribution in [0.4, 0.5) is 10.1 Å². The number of para-hydroxylation sites is 1. The Kier molecular flexibility index (Phi) is 2.77. The van der Waals surface area contributed by atoms with Crippen molar-refractivity contribution < 1.29 is 9.13 Å². The first-order valence-corrected chi connectivity index (χ1v) is 4.91. The van der Waals surface area contributed by atoms with Crippen molar-refractivity contribution in [3.63, 3.8) is 0 Å². The third-order valence-corrected chi connectivity index (χ3v) is 2.41. The maximum absolute atomic E-state index is 13.2. The number of halogens is 1. The molecule has 0 aromatic heterocycles. The molecular formula is C13H12FNO. The molecular weight excluding hydrogens is 205 g/mol. The van der Waals surface area contributed by atoms with Gasteiger partial charge in [0.1, 0.15) is 11.6 Å². The van der Waals surface area contributed by atoms with Gasteiger partial charge in [0, 0.05) is 16.8 Å². The van der Waals surface area contributed by atoms with Gasteiger partial charge in [-0.05, 0) is 24.3 Å². The quantitative estimate of drug-likeness (QED) is 0.784. The van der Waals surface area contributed by atoms with Crippen LogP contribution in [0, 0.1) is 5.82 Å². The smallest absolute Gasteiger partial charge is 0.126 e. The standard InChI is InChI=1S/C13H12FNO/c1-16-13-7-6-9(14)8-11(13)10-4-2-3-5-12(10)15/h2-8H,15H2,1H3. The number of hydrogen-bond donors (Lipinski definition) is 1. The SMILES string of the molecule is COc1ccc(F)cc1-c1ccccc1N. The highest BCUT2D eigenvalue weighted by atomic mass is 19.1. The summed E-state index contributed by atoms with van der Waals surface area (Å²) in [6.45, 7) is 0. The summed E-state index contributed by atoms with van der Waals surface area (Å²) in [7, 11) is 1.55. The molecule has 0 saturated heterocycles. The number of hydrogen-bond acceptors (Lipinski definition) is 2. The lowest BCUT2D eigenvalue weighted by molar-refractivity contribution is 0.415. The van der Waals surface area contributed by atoms with E-state index in [0.29, 0.717) is 17.0 Å². The number of rotatable bonds is 2. The van der Waals surface area contributed by atoms with E-state index in [1.54, 1.807) is 19.2 Å². The van der Waals surface area contributed by atoms with Crippen LogP contribution in [0.2, 0.25) is 0 Å². The second-order valence-electron chi connectivity index (χ2n) is 3.43. The monoisotopic (exact) mass is 217 g/mol. The molecule has 0 amide bonds. The van der Waals surface area contributed by atoms with Crippen LogP contribution in [0.1, 0.15) is 0 Å². The van der Waals surface area contributed by atoms with Gasteiger partial charge in [0.2, 0.25) is 0 Å². The Morgan fingerprint density at radius 1 is 1.06 bits per heavy atom. The van der Waals surface area contributed by atoms with Crippen LogP contribution >= 0.6 is 0 Å². The van der Waals surface area contributed by atoms with Crippen LogP contribution in [0.5, 0.6) is 5.75 Å². The van der Waals surface area contributed by atoms with Crippen LogP contribution in [-0.2, 0) is 0 Å². The van der Waals surface area contributed by atoms with Crippen LogP contribution in [-0.4, -0.2) is 7.11 Å². The second-order valence-corrected chi connectivity index (χ2v) is 3.43. The van der Waals surface area contributed by atoms with E-state index in [0.717, 1.165) is 5.56 Å². The molecule has 2 aromatic carbocycles. The molecule has 0 bridgehead atoms. The Balaban J connectivity index is 2.63. The summed E-state index contributed by atoms with van der Waals surface area (Å²) in [5.74, 6) is 0.304. The molecule has 0 fully saturated rings. The van der Waals surface area contributed by atoms with E-state index in [2.05, 4.69) is 0 Å².